The van der Waals surface area contributed by atoms with Crippen LogP contribution < -0.4 is 4.74 Å². The van der Waals surface area contributed by atoms with Crippen LogP contribution in [0.15, 0.2) is 30.3 Å². The van der Waals surface area contributed by atoms with Crippen LogP contribution in [-0.2, 0) is 11.3 Å². The lowest BCUT2D eigenvalue weighted by molar-refractivity contribution is -0.127. The summed E-state index contributed by atoms with van der Waals surface area (Å²) in [6, 6.07) is 7.36. The first kappa shape index (κ1) is 13.2. The summed E-state index contributed by atoms with van der Waals surface area (Å²) in [4.78, 5) is 0. The standard InChI is InChI=1S/C16H14O6/c17-8-1-2-9-13(4-8)22-15-10-5-12(19)11(18)3-7(10)6-21-16(15)14(9)20/h1-5,14-20H,6H2. The van der Waals surface area contributed by atoms with Gasteiger partial charge >= 0.3 is 0 Å². The zero-order chi connectivity index (χ0) is 15.4. The summed E-state index contributed by atoms with van der Waals surface area (Å²) >= 11 is 0. The van der Waals surface area contributed by atoms with Crippen LogP contribution >= 0.6 is 0 Å². The number of aromatic hydroxyl groups is 3. The Morgan fingerprint density at radius 1 is 0.955 bits per heavy atom. The minimum Gasteiger partial charge on any atom is -0.508 e. The molecule has 22 heavy (non-hydrogen) atoms. The fraction of sp³-hybridized carbons (Fsp3) is 0.250. The molecular formula is C16H14O6. The van der Waals surface area contributed by atoms with Crippen LogP contribution in [0.25, 0.3) is 0 Å². The van der Waals surface area contributed by atoms with Gasteiger partial charge in [-0.05, 0) is 29.8 Å². The molecule has 2 aliphatic rings. The van der Waals surface area contributed by atoms with Gasteiger partial charge in [-0.2, -0.15) is 0 Å². The lowest BCUT2D eigenvalue weighted by Gasteiger charge is -2.40. The number of hydrogen-bond donors (Lipinski definition) is 4. The van der Waals surface area contributed by atoms with Gasteiger partial charge in [-0.25, -0.2) is 0 Å². The summed E-state index contributed by atoms with van der Waals surface area (Å²) in [5, 5.41) is 39.4. The monoisotopic (exact) mass is 302 g/mol. The van der Waals surface area contributed by atoms with Crippen LogP contribution in [0.4, 0.5) is 0 Å². The quantitative estimate of drug-likeness (QED) is 0.554. The lowest BCUT2D eigenvalue weighted by Crippen LogP contribution is -2.39. The first-order valence-corrected chi connectivity index (χ1v) is 6.88. The predicted molar refractivity (Wildman–Crippen MR) is 74.8 cm³/mol. The molecule has 114 valence electrons. The van der Waals surface area contributed by atoms with Crippen molar-refractivity contribution in [1.82, 2.24) is 0 Å². The number of ether oxygens (including phenoxy) is 2. The summed E-state index contributed by atoms with van der Waals surface area (Å²) in [5.74, 6) is -0.0675. The number of rotatable bonds is 0. The average molecular weight is 302 g/mol. The molecule has 3 unspecified atom stereocenters. The molecule has 0 radical (unpaired) electrons. The van der Waals surface area contributed by atoms with Crippen molar-refractivity contribution in [3.05, 3.63) is 47.0 Å². The second kappa shape index (κ2) is 4.53. The summed E-state index contributed by atoms with van der Waals surface area (Å²) in [6.07, 6.45) is -2.15. The number of phenolic OH excluding ortho intramolecular Hbond substituents is 3. The Morgan fingerprint density at radius 3 is 2.55 bits per heavy atom. The molecule has 0 amide bonds. The SMILES string of the molecule is Oc1ccc2c(c1)OC1c3cc(O)c(O)cc3COC1C2O. The van der Waals surface area contributed by atoms with Crippen molar-refractivity contribution in [3.63, 3.8) is 0 Å². The second-order valence-electron chi connectivity index (χ2n) is 5.52. The number of fused-ring (bicyclic) bond motifs is 4. The van der Waals surface area contributed by atoms with Crippen LogP contribution in [0.5, 0.6) is 23.0 Å². The van der Waals surface area contributed by atoms with Crippen molar-refractivity contribution in [2.45, 2.75) is 24.9 Å². The fourth-order valence-corrected chi connectivity index (χ4v) is 3.05. The van der Waals surface area contributed by atoms with Gasteiger partial charge in [0.05, 0.1) is 6.61 Å². The Kier molecular flexibility index (Phi) is 2.72. The molecule has 0 bridgehead atoms. The van der Waals surface area contributed by atoms with E-state index < -0.39 is 18.3 Å². The third-order valence-corrected chi connectivity index (χ3v) is 4.15. The normalized spacial score (nSPS) is 25.6. The highest BCUT2D eigenvalue weighted by molar-refractivity contribution is 5.50. The van der Waals surface area contributed by atoms with Gasteiger partial charge in [0.25, 0.3) is 0 Å². The molecule has 0 saturated carbocycles. The molecule has 2 aliphatic heterocycles. The van der Waals surface area contributed by atoms with Gasteiger partial charge in [0, 0.05) is 17.2 Å². The molecule has 0 spiro atoms. The van der Waals surface area contributed by atoms with E-state index in [1.54, 1.807) is 6.07 Å². The Balaban J connectivity index is 1.83. The van der Waals surface area contributed by atoms with E-state index in [1.165, 1.54) is 24.3 Å². The molecular weight excluding hydrogens is 288 g/mol. The smallest absolute Gasteiger partial charge is 0.157 e. The molecule has 4 rings (SSSR count). The zero-order valence-electron chi connectivity index (χ0n) is 11.4. The maximum atomic E-state index is 10.5. The van der Waals surface area contributed by atoms with Gasteiger partial charge in [-0.15, -0.1) is 0 Å². The Labute approximate surface area is 125 Å². The number of aliphatic hydroxyl groups excluding tert-OH is 1. The maximum Gasteiger partial charge on any atom is 0.157 e. The molecule has 6 heteroatoms. The topological polar surface area (TPSA) is 99.4 Å². The second-order valence-corrected chi connectivity index (χ2v) is 5.52. The third-order valence-electron chi connectivity index (χ3n) is 4.15. The number of aliphatic hydroxyl groups is 1. The van der Waals surface area contributed by atoms with Gasteiger partial charge < -0.3 is 29.9 Å². The zero-order valence-corrected chi connectivity index (χ0v) is 11.4. The van der Waals surface area contributed by atoms with Crippen molar-refractivity contribution >= 4 is 0 Å². The molecule has 6 nitrogen and oxygen atoms in total. The van der Waals surface area contributed by atoms with E-state index in [1.807, 2.05) is 0 Å². The van der Waals surface area contributed by atoms with Gasteiger partial charge in [0.15, 0.2) is 17.6 Å². The number of hydrogen-bond acceptors (Lipinski definition) is 6. The van der Waals surface area contributed by atoms with Crippen molar-refractivity contribution < 1.29 is 29.9 Å². The van der Waals surface area contributed by atoms with Crippen molar-refractivity contribution in [2.24, 2.45) is 0 Å². The highest BCUT2D eigenvalue weighted by Gasteiger charge is 2.43. The van der Waals surface area contributed by atoms with E-state index in [-0.39, 0.29) is 23.9 Å². The predicted octanol–water partition coefficient (Wildman–Crippen LogP) is 1.87. The number of benzene rings is 2. The largest absolute Gasteiger partial charge is 0.508 e. The molecule has 4 N–H and O–H groups in total. The van der Waals surface area contributed by atoms with Crippen molar-refractivity contribution in [1.29, 1.82) is 0 Å². The van der Waals surface area contributed by atoms with Gasteiger partial charge in [0.2, 0.25) is 0 Å². The minimum absolute atomic E-state index is 0.0369. The summed E-state index contributed by atoms with van der Waals surface area (Å²) < 4.78 is 11.5. The Bertz CT molecular complexity index is 757. The molecule has 2 aromatic carbocycles. The van der Waals surface area contributed by atoms with Crippen molar-refractivity contribution in [2.75, 3.05) is 0 Å². The van der Waals surface area contributed by atoms with Crippen molar-refractivity contribution in [3.8, 4) is 23.0 Å². The maximum absolute atomic E-state index is 10.5. The summed E-state index contributed by atoms with van der Waals surface area (Å²) in [5.41, 5.74) is 1.89. The number of phenols is 3. The van der Waals surface area contributed by atoms with Crippen LogP contribution in [-0.4, -0.2) is 26.5 Å². The molecule has 2 heterocycles. The highest BCUT2D eigenvalue weighted by Crippen LogP contribution is 2.48. The van der Waals surface area contributed by atoms with Crippen LogP contribution in [0.2, 0.25) is 0 Å². The van der Waals surface area contributed by atoms with E-state index in [4.69, 9.17) is 9.47 Å². The van der Waals surface area contributed by atoms with Gasteiger partial charge in [0.1, 0.15) is 23.7 Å². The van der Waals surface area contributed by atoms with Crippen LogP contribution in [0.3, 0.4) is 0 Å². The van der Waals surface area contributed by atoms with Gasteiger partial charge in [-0.1, -0.05) is 0 Å². The molecule has 0 aliphatic carbocycles. The molecule has 0 aromatic heterocycles. The Morgan fingerprint density at radius 2 is 1.73 bits per heavy atom. The minimum atomic E-state index is -0.904. The fourth-order valence-electron chi connectivity index (χ4n) is 3.05. The van der Waals surface area contributed by atoms with Crippen LogP contribution in [0.1, 0.15) is 28.9 Å². The van der Waals surface area contributed by atoms with E-state index in [2.05, 4.69) is 0 Å². The molecule has 0 saturated heterocycles. The first-order valence-electron chi connectivity index (χ1n) is 6.88. The lowest BCUT2D eigenvalue weighted by atomic mass is 9.87. The highest BCUT2D eigenvalue weighted by atomic mass is 16.6. The van der Waals surface area contributed by atoms with Gasteiger partial charge in [-0.3, -0.25) is 0 Å². The van der Waals surface area contributed by atoms with E-state index in [0.717, 1.165) is 0 Å². The molecule has 2 aromatic rings. The molecule has 3 atom stereocenters. The first-order chi connectivity index (χ1) is 10.5. The summed E-state index contributed by atoms with van der Waals surface area (Å²) in [7, 11) is 0. The van der Waals surface area contributed by atoms with E-state index in [9.17, 15) is 20.4 Å². The average Bonchev–Trinajstić information content (AvgIpc) is 2.48. The van der Waals surface area contributed by atoms with Crippen LogP contribution in [0, 0.1) is 0 Å². The summed E-state index contributed by atoms with van der Waals surface area (Å²) in [6.45, 7) is 0.207. The third kappa shape index (κ3) is 1.81. The Hall–Kier alpha value is -2.44. The van der Waals surface area contributed by atoms with E-state index in [0.29, 0.717) is 22.4 Å². The molecule has 0 fully saturated rings. The van der Waals surface area contributed by atoms with E-state index >= 15 is 0 Å².